The molecule has 2 heterocycles. The highest BCUT2D eigenvalue weighted by Gasteiger charge is 2.25. The number of halogens is 2. The van der Waals surface area contributed by atoms with Crippen LogP contribution in [-0.2, 0) is 5.75 Å². The van der Waals surface area contributed by atoms with Gasteiger partial charge in [-0.15, -0.1) is 11.8 Å². The van der Waals surface area contributed by atoms with Crippen molar-refractivity contribution in [1.29, 1.82) is 0 Å². The van der Waals surface area contributed by atoms with Crippen molar-refractivity contribution in [2.45, 2.75) is 30.5 Å². The Morgan fingerprint density at radius 1 is 1.45 bits per heavy atom. The highest BCUT2D eigenvalue weighted by molar-refractivity contribution is 7.99. The molecule has 3 rings (SSSR count). The van der Waals surface area contributed by atoms with Gasteiger partial charge in [0.2, 0.25) is 0 Å². The molecule has 4 nitrogen and oxygen atoms in total. The van der Waals surface area contributed by atoms with E-state index in [9.17, 15) is 13.6 Å². The summed E-state index contributed by atoms with van der Waals surface area (Å²) in [5.74, 6) is 0.301. The van der Waals surface area contributed by atoms with Gasteiger partial charge in [-0.2, -0.15) is 0 Å². The van der Waals surface area contributed by atoms with Gasteiger partial charge in [-0.25, -0.2) is 13.8 Å². The molecule has 0 bridgehead atoms. The van der Waals surface area contributed by atoms with Crippen LogP contribution in [0.25, 0.3) is 10.9 Å². The summed E-state index contributed by atoms with van der Waals surface area (Å²) in [5, 5.41) is 2.88. The minimum Gasteiger partial charge on any atom is -0.314 e. The molecule has 2 atom stereocenters. The molecule has 118 valence electrons. The van der Waals surface area contributed by atoms with Crippen LogP contribution in [0.3, 0.4) is 0 Å². The fraction of sp³-hybridized carbons (Fsp3) is 0.467. The number of nitrogens with zero attached hydrogens (tertiary/aromatic N) is 1. The van der Waals surface area contributed by atoms with Crippen LogP contribution in [-0.4, -0.2) is 34.5 Å². The molecule has 1 fully saturated rings. The van der Waals surface area contributed by atoms with Crippen LogP contribution in [0.1, 0.15) is 17.8 Å². The van der Waals surface area contributed by atoms with E-state index in [2.05, 4.69) is 15.3 Å². The van der Waals surface area contributed by atoms with Gasteiger partial charge >= 0.3 is 0 Å². The molecule has 1 aromatic carbocycles. The van der Waals surface area contributed by atoms with Gasteiger partial charge in [-0.1, -0.05) is 0 Å². The van der Waals surface area contributed by atoms with Crippen molar-refractivity contribution < 1.29 is 8.78 Å². The molecule has 0 spiro atoms. The van der Waals surface area contributed by atoms with Crippen LogP contribution in [0, 0.1) is 12.7 Å². The van der Waals surface area contributed by atoms with E-state index in [-0.39, 0.29) is 10.6 Å². The molecule has 0 aliphatic carbocycles. The van der Waals surface area contributed by atoms with Gasteiger partial charge in [0, 0.05) is 11.8 Å². The first-order valence-electron chi connectivity index (χ1n) is 7.20. The summed E-state index contributed by atoms with van der Waals surface area (Å²) in [4.78, 5) is 18.9. The van der Waals surface area contributed by atoms with Crippen molar-refractivity contribution in [3.8, 4) is 0 Å². The van der Waals surface area contributed by atoms with E-state index in [1.165, 1.54) is 17.8 Å². The molecule has 0 unspecified atom stereocenters. The zero-order valence-corrected chi connectivity index (χ0v) is 13.0. The maximum absolute atomic E-state index is 13.8. The Morgan fingerprint density at radius 2 is 2.27 bits per heavy atom. The number of nitrogens with one attached hydrogen (secondary N) is 2. The maximum Gasteiger partial charge on any atom is 0.261 e. The van der Waals surface area contributed by atoms with Crippen molar-refractivity contribution >= 4 is 22.7 Å². The van der Waals surface area contributed by atoms with E-state index in [1.807, 2.05) is 0 Å². The third kappa shape index (κ3) is 3.15. The van der Waals surface area contributed by atoms with Crippen molar-refractivity contribution in [3.63, 3.8) is 0 Å². The van der Waals surface area contributed by atoms with Crippen LogP contribution >= 0.6 is 11.8 Å². The Kier molecular flexibility index (Phi) is 4.44. The Bertz CT molecular complexity index is 749. The van der Waals surface area contributed by atoms with Gasteiger partial charge in [0.15, 0.2) is 0 Å². The van der Waals surface area contributed by atoms with Crippen LogP contribution in [0.15, 0.2) is 16.9 Å². The van der Waals surface area contributed by atoms with E-state index >= 15 is 0 Å². The summed E-state index contributed by atoms with van der Waals surface area (Å²) >= 11 is 1.44. The number of fused-ring (bicyclic) bond motifs is 1. The summed E-state index contributed by atoms with van der Waals surface area (Å²) in [6, 6.07) is 3.00. The fourth-order valence-electron chi connectivity index (χ4n) is 2.64. The average molecular weight is 325 g/mol. The lowest BCUT2D eigenvalue weighted by molar-refractivity contribution is 0.275. The van der Waals surface area contributed by atoms with Crippen molar-refractivity contribution in [2.75, 3.05) is 13.1 Å². The average Bonchev–Trinajstić information content (AvgIpc) is 2.45. The number of thioether (sulfide) groups is 1. The van der Waals surface area contributed by atoms with E-state index in [1.54, 1.807) is 13.0 Å². The van der Waals surface area contributed by atoms with E-state index in [4.69, 9.17) is 0 Å². The van der Waals surface area contributed by atoms with Gasteiger partial charge < -0.3 is 10.3 Å². The molecular weight excluding hydrogens is 308 g/mol. The van der Waals surface area contributed by atoms with Crippen LogP contribution < -0.4 is 10.9 Å². The number of rotatable bonds is 3. The second kappa shape index (κ2) is 6.34. The van der Waals surface area contributed by atoms with Gasteiger partial charge in [-0.05, 0) is 37.6 Å². The fourth-order valence-corrected chi connectivity index (χ4v) is 3.74. The lowest BCUT2D eigenvalue weighted by atomic mass is 10.1. The molecule has 22 heavy (non-hydrogen) atoms. The lowest BCUT2D eigenvalue weighted by Crippen LogP contribution is -2.39. The quantitative estimate of drug-likeness (QED) is 0.909. The highest BCUT2D eigenvalue weighted by atomic mass is 32.2. The molecule has 7 heteroatoms. The third-order valence-electron chi connectivity index (χ3n) is 3.74. The number of aromatic amines is 1. The molecule has 1 aliphatic rings. The summed E-state index contributed by atoms with van der Waals surface area (Å²) in [6.45, 7) is 2.91. The first kappa shape index (κ1) is 15.4. The van der Waals surface area contributed by atoms with E-state index in [0.29, 0.717) is 29.2 Å². The summed E-state index contributed by atoms with van der Waals surface area (Å²) in [6.07, 6.45) is -0.150. The number of alkyl halides is 1. The minimum absolute atomic E-state index is 0.0235. The van der Waals surface area contributed by atoms with Crippen molar-refractivity contribution in [2.24, 2.45) is 0 Å². The molecule has 1 aromatic heterocycles. The number of aryl methyl sites for hydroxylation is 1. The molecule has 2 aromatic rings. The topological polar surface area (TPSA) is 57.8 Å². The Morgan fingerprint density at radius 3 is 3.05 bits per heavy atom. The molecule has 1 aliphatic heterocycles. The summed E-state index contributed by atoms with van der Waals surface area (Å²) in [7, 11) is 0. The third-order valence-corrected chi connectivity index (χ3v) is 5.14. The predicted octanol–water partition coefficient (Wildman–Crippen LogP) is 2.30. The van der Waals surface area contributed by atoms with Gasteiger partial charge in [-0.3, -0.25) is 4.79 Å². The van der Waals surface area contributed by atoms with Crippen LogP contribution in [0.5, 0.6) is 0 Å². The zero-order valence-electron chi connectivity index (χ0n) is 12.2. The normalized spacial score (nSPS) is 22.1. The Labute approximate surface area is 130 Å². The monoisotopic (exact) mass is 325 g/mol. The predicted molar refractivity (Wildman–Crippen MR) is 84.5 cm³/mol. The lowest BCUT2D eigenvalue weighted by Gasteiger charge is -2.25. The maximum atomic E-state index is 13.8. The van der Waals surface area contributed by atoms with Crippen molar-refractivity contribution in [3.05, 3.63) is 39.7 Å². The van der Waals surface area contributed by atoms with Gasteiger partial charge in [0.25, 0.3) is 5.56 Å². The van der Waals surface area contributed by atoms with Crippen LogP contribution in [0.4, 0.5) is 8.78 Å². The standard InChI is InChI=1S/C15H17F2N3OS/c1-8-4-9(16)14-11(5-8)19-13(20-15(14)21)7-22-12-2-3-18-6-10(12)17/h4-5,10,12,18H,2-3,6-7H2,1H3,(H,19,20,21)/t10-,12+/m0/s1. The Balaban J connectivity index is 1.84. The van der Waals surface area contributed by atoms with Crippen LogP contribution in [0.2, 0.25) is 0 Å². The van der Waals surface area contributed by atoms with Crippen molar-refractivity contribution in [1.82, 2.24) is 15.3 Å². The largest absolute Gasteiger partial charge is 0.314 e. The van der Waals surface area contributed by atoms with E-state index in [0.717, 1.165) is 13.0 Å². The smallest absolute Gasteiger partial charge is 0.261 e. The first-order valence-corrected chi connectivity index (χ1v) is 8.25. The molecule has 1 saturated heterocycles. The number of hydrogen-bond donors (Lipinski definition) is 2. The van der Waals surface area contributed by atoms with Gasteiger partial charge in [0.1, 0.15) is 23.2 Å². The molecule has 0 radical (unpaired) electrons. The number of hydrogen-bond acceptors (Lipinski definition) is 4. The summed E-state index contributed by atoms with van der Waals surface area (Å²) < 4.78 is 27.6. The molecular formula is C15H17F2N3OS. The molecule has 0 amide bonds. The second-order valence-corrected chi connectivity index (χ2v) is 6.74. The Hall–Kier alpha value is -1.47. The summed E-state index contributed by atoms with van der Waals surface area (Å²) in [5.41, 5.74) is 0.572. The number of aromatic nitrogens is 2. The molecule has 0 saturated carbocycles. The molecule has 2 N–H and O–H groups in total. The van der Waals surface area contributed by atoms with Gasteiger partial charge in [0.05, 0.1) is 11.3 Å². The highest BCUT2D eigenvalue weighted by Crippen LogP contribution is 2.25. The van der Waals surface area contributed by atoms with E-state index < -0.39 is 17.5 Å². The second-order valence-electron chi connectivity index (χ2n) is 5.51. The SMILES string of the molecule is Cc1cc(F)c2c(=O)[nH]c(CS[C@@H]3CCNC[C@@H]3F)nc2c1. The first-order chi connectivity index (χ1) is 10.5. The number of H-pyrrole nitrogens is 1. The zero-order chi connectivity index (χ0) is 15.7. The minimum atomic E-state index is -0.898. The number of piperidine rings is 1. The number of benzene rings is 1.